The highest BCUT2D eigenvalue weighted by molar-refractivity contribution is 5.88. The molecule has 1 unspecified atom stereocenters. The lowest BCUT2D eigenvalue weighted by atomic mass is 9.67. The molecule has 2 saturated carbocycles. The number of fused-ring (bicyclic) bond motifs is 3. The van der Waals surface area contributed by atoms with Gasteiger partial charge in [-0.15, -0.1) is 0 Å². The average molecular weight is 311 g/mol. The fourth-order valence-electron chi connectivity index (χ4n) is 4.89. The Hall–Kier alpha value is -1.64. The van der Waals surface area contributed by atoms with Crippen molar-refractivity contribution in [3.63, 3.8) is 0 Å². The first kappa shape index (κ1) is 14.9. The van der Waals surface area contributed by atoms with Gasteiger partial charge < -0.3 is 5.32 Å². The highest BCUT2D eigenvalue weighted by atomic mass is 16.2. The van der Waals surface area contributed by atoms with Crippen LogP contribution in [0.1, 0.15) is 62.1 Å². The summed E-state index contributed by atoms with van der Waals surface area (Å²) in [6.07, 6.45) is 7.97. The predicted octanol–water partition coefficient (Wildman–Crippen LogP) is 3.58. The molecule has 3 nitrogen and oxygen atoms in total. The molecular formula is C20H25NO2. The van der Waals surface area contributed by atoms with E-state index in [1.807, 2.05) is 0 Å². The molecule has 2 fully saturated rings. The number of Topliss-reactive ketones (excluding diaryl/α,β-unsaturated/α-hetero) is 1. The van der Waals surface area contributed by atoms with E-state index in [-0.39, 0.29) is 29.7 Å². The largest absolute Gasteiger partial charge is 0.349 e. The maximum atomic E-state index is 12.8. The van der Waals surface area contributed by atoms with Gasteiger partial charge >= 0.3 is 0 Å². The number of amides is 1. The van der Waals surface area contributed by atoms with Crippen LogP contribution in [0, 0.1) is 17.8 Å². The van der Waals surface area contributed by atoms with Crippen molar-refractivity contribution in [2.75, 3.05) is 0 Å². The van der Waals surface area contributed by atoms with E-state index in [9.17, 15) is 9.59 Å². The van der Waals surface area contributed by atoms with Crippen molar-refractivity contribution in [1.29, 1.82) is 0 Å². The van der Waals surface area contributed by atoms with Gasteiger partial charge in [-0.1, -0.05) is 30.7 Å². The van der Waals surface area contributed by atoms with Gasteiger partial charge in [-0.25, -0.2) is 0 Å². The molecule has 1 aromatic rings. The smallest absolute Gasteiger partial charge is 0.223 e. The molecule has 3 heteroatoms. The lowest BCUT2D eigenvalue weighted by Crippen LogP contribution is -2.43. The van der Waals surface area contributed by atoms with Crippen molar-refractivity contribution in [2.45, 2.75) is 57.4 Å². The van der Waals surface area contributed by atoms with Crippen molar-refractivity contribution >= 4 is 11.7 Å². The van der Waals surface area contributed by atoms with Gasteiger partial charge in [0.25, 0.3) is 0 Å². The Morgan fingerprint density at radius 1 is 1.00 bits per heavy atom. The number of nitrogens with one attached hydrogen (secondary N) is 1. The third-order valence-electron chi connectivity index (χ3n) is 6.10. The van der Waals surface area contributed by atoms with Crippen LogP contribution in [0.2, 0.25) is 0 Å². The van der Waals surface area contributed by atoms with Crippen LogP contribution in [0.25, 0.3) is 0 Å². The van der Waals surface area contributed by atoms with E-state index in [1.54, 1.807) is 0 Å². The normalized spacial score (nSPS) is 33.0. The van der Waals surface area contributed by atoms with E-state index >= 15 is 0 Å². The molecule has 2 bridgehead atoms. The van der Waals surface area contributed by atoms with Gasteiger partial charge in [0.15, 0.2) is 0 Å². The van der Waals surface area contributed by atoms with Crippen molar-refractivity contribution in [3.05, 3.63) is 35.4 Å². The van der Waals surface area contributed by atoms with E-state index in [1.165, 1.54) is 11.1 Å². The van der Waals surface area contributed by atoms with Gasteiger partial charge in [-0.05, 0) is 56.1 Å². The second kappa shape index (κ2) is 6.10. The molecule has 1 amide bonds. The maximum Gasteiger partial charge on any atom is 0.223 e. The molecule has 0 radical (unpaired) electrons. The Bertz CT molecular complexity index is 608. The third kappa shape index (κ3) is 2.82. The highest BCUT2D eigenvalue weighted by Crippen LogP contribution is 2.40. The molecule has 122 valence electrons. The van der Waals surface area contributed by atoms with Crippen molar-refractivity contribution in [2.24, 2.45) is 17.8 Å². The fraction of sp³-hybridized carbons (Fsp3) is 0.600. The zero-order chi connectivity index (χ0) is 15.8. The van der Waals surface area contributed by atoms with Crippen LogP contribution in [0.5, 0.6) is 0 Å². The van der Waals surface area contributed by atoms with Gasteiger partial charge in [-0.3, -0.25) is 9.59 Å². The lowest BCUT2D eigenvalue weighted by molar-refractivity contribution is -0.138. The molecule has 0 aliphatic heterocycles. The number of hydrogen-bond acceptors (Lipinski definition) is 2. The van der Waals surface area contributed by atoms with E-state index in [2.05, 4.69) is 29.6 Å². The number of ketones is 1. The summed E-state index contributed by atoms with van der Waals surface area (Å²) in [6, 6.07) is 8.63. The molecule has 4 atom stereocenters. The topological polar surface area (TPSA) is 46.2 Å². The van der Waals surface area contributed by atoms with Crippen LogP contribution in [0.15, 0.2) is 24.3 Å². The van der Waals surface area contributed by atoms with Crippen LogP contribution in [-0.2, 0) is 16.0 Å². The number of carbonyl (C=O) groups excluding carboxylic acids is 2. The first-order valence-corrected chi connectivity index (χ1v) is 9.14. The standard InChI is InChI=1S/C20H25NO2/c22-19-14-7-3-8-15(19)12-16(11-14)20(23)21-18-10-4-6-13-5-1-2-9-17(13)18/h1-2,5,9,14-16,18H,3-4,6-8,10-12H2,(H,21,23)/t14-,15+,16?,18-/m1/s1. The van der Waals surface area contributed by atoms with Crippen LogP contribution in [-0.4, -0.2) is 11.7 Å². The van der Waals surface area contributed by atoms with Crippen LogP contribution in [0.3, 0.4) is 0 Å². The molecular weight excluding hydrogens is 286 g/mol. The van der Waals surface area contributed by atoms with Gasteiger partial charge in [0.05, 0.1) is 6.04 Å². The van der Waals surface area contributed by atoms with Crippen molar-refractivity contribution in [3.8, 4) is 0 Å². The van der Waals surface area contributed by atoms with E-state index in [0.717, 1.165) is 51.4 Å². The second-order valence-electron chi connectivity index (χ2n) is 7.55. The van der Waals surface area contributed by atoms with Crippen LogP contribution < -0.4 is 5.32 Å². The Morgan fingerprint density at radius 2 is 1.74 bits per heavy atom. The highest BCUT2D eigenvalue weighted by Gasteiger charge is 2.41. The minimum absolute atomic E-state index is 0.0390. The predicted molar refractivity (Wildman–Crippen MR) is 88.8 cm³/mol. The molecule has 4 rings (SSSR count). The lowest BCUT2D eigenvalue weighted by Gasteiger charge is -2.37. The summed E-state index contributed by atoms with van der Waals surface area (Å²) in [5, 5.41) is 3.30. The summed E-state index contributed by atoms with van der Waals surface area (Å²) in [4.78, 5) is 25.0. The molecule has 1 N–H and O–H groups in total. The first-order chi connectivity index (χ1) is 11.2. The van der Waals surface area contributed by atoms with E-state index < -0.39 is 0 Å². The van der Waals surface area contributed by atoms with E-state index in [4.69, 9.17) is 0 Å². The summed E-state index contributed by atoms with van der Waals surface area (Å²) in [6.45, 7) is 0. The molecule has 3 aliphatic carbocycles. The Kier molecular flexibility index (Phi) is 3.96. The zero-order valence-corrected chi connectivity index (χ0v) is 13.6. The van der Waals surface area contributed by atoms with Gasteiger partial charge in [0, 0.05) is 17.8 Å². The Labute approximate surface area is 137 Å². The van der Waals surface area contributed by atoms with Crippen LogP contribution in [0.4, 0.5) is 0 Å². The molecule has 0 aromatic heterocycles. The first-order valence-electron chi connectivity index (χ1n) is 9.14. The number of aryl methyl sites for hydroxylation is 1. The molecule has 0 heterocycles. The number of benzene rings is 1. The summed E-state index contributed by atoms with van der Waals surface area (Å²) < 4.78 is 0. The van der Waals surface area contributed by atoms with Crippen molar-refractivity contribution < 1.29 is 9.59 Å². The zero-order valence-electron chi connectivity index (χ0n) is 13.6. The minimum atomic E-state index is 0.0390. The third-order valence-corrected chi connectivity index (χ3v) is 6.10. The van der Waals surface area contributed by atoms with Crippen LogP contribution >= 0.6 is 0 Å². The average Bonchev–Trinajstić information content (AvgIpc) is 2.55. The maximum absolute atomic E-state index is 12.8. The quantitative estimate of drug-likeness (QED) is 0.907. The number of rotatable bonds is 2. The molecule has 1 aromatic carbocycles. The van der Waals surface area contributed by atoms with E-state index in [0.29, 0.717) is 5.78 Å². The van der Waals surface area contributed by atoms with Crippen molar-refractivity contribution in [1.82, 2.24) is 5.32 Å². The number of hydrogen-bond donors (Lipinski definition) is 1. The summed E-state index contributed by atoms with van der Waals surface area (Å²) in [5.74, 6) is 0.949. The monoisotopic (exact) mass is 311 g/mol. The molecule has 0 saturated heterocycles. The molecule has 23 heavy (non-hydrogen) atoms. The minimum Gasteiger partial charge on any atom is -0.349 e. The summed E-state index contributed by atoms with van der Waals surface area (Å²) in [5.41, 5.74) is 2.67. The Morgan fingerprint density at radius 3 is 2.52 bits per heavy atom. The fourth-order valence-corrected chi connectivity index (χ4v) is 4.89. The van der Waals surface area contributed by atoms with Gasteiger partial charge in [-0.2, -0.15) is 0 Å². The van der Waals surface area contributed by atoms with Gasteiger partial charge in [0.1, 0.15) is 5.78 Å². The molecule has 3 aliphatic rings. The second-order valence-corrected chi connectivity index (χ2v) is 7.55. The summed E-state index contributed by atoms with van der Waals surface area (Å²) >= 11 is 0. The number of carbonyl (C=O) groups is 2. The Balaban J connectivity index is 1.46. The SMILES string of the molecule is O=C(N[C@@H]1CCCc2ccccc21)C1C[C@H]2CCC[C@@H](C1)C2=O. The molecule has 0 spiro atoms. The van der Waals surface area contributed by atoms with Gasteiger partial charge in [0.2, 0.25) is 5.91 Å². The summed E-state index contributed by atoms with van der Waals surface area (Å²) in [7, 11) is 0.